The molecule has 0 aromatic heterocycles. The molecule has 1 aliphatic rings. The van der Waals surface area contributed by atoms with Gasteiger partial charge in [-0.15, -0.1) is 0 Å². The van der Waals surface area contributed by atoms with Gasteiger partial charge in [0.2, 0.25) is 15.9 Å². The maximum atomic E-state index is 12.9. The molecule has 7 heteroatoms. The molecule has 0 aliphatic carbocycles. The number of aryl methyl sites for hydroxylation is 2. The standard InChI is InChI=1S/C21H25ClN2O3S/c1-15-6-3-4-7-18(15)14-28(26,27)24-11-5-8-17(13-24)21(25)23-20-12-19(22)10-9-16(20)2/h3-4,6-7,9-10,12,17H,5,8,11,13-14H2,1-2H3,(H,23,25)/t17-/m0/s1. The molecule has 2 aromatic rings. The molecule has 0 unspecified atom stereocenters. The van der Waals surface area contributed by atoms with E-state index in [0.717, 1.165) is 16.7 Å². The first-order valence-electron chi connectivity index (χ1n) is 9.35. The molecule has 1 aliphatic heterocycles. The molecule has 1 saturated heterocycles. The van der Waals surface area contributed by atoms with E-state index in [1.165, 1.54) is 4.31 Å². The van der Waals surface area contributed by atoms with E-state index < -0.39 is 10.0 Å². The van der Waals surface area contributed by atoms with Crippen molar-refractivity contribution in [3.8, 4) is 0 Å². The summed E-state index contributed by atoms with van der Waals surface area (Å²) in [6, 6.07) is 12.8. The highest BCUT2D eigenvalue weighted by molar-refractivity contribution is 7.88. The maximum Gasteiger partial charge on any atom is 0.228 e. The number of amides is 1. The van der Waals surface area contributed by atoms with Crippen molar-refractivity contribution in [2.75, 3.05) is 18.4 Å². The van der Waals surface area contributed by atoms with Gasteiger partial charge in [-0.25, -0.2) is 12.7 Å². The van der Waals surface area contributed by atoms with Crippen LogP contribution in [-0.2, 0) is 20.6 Å². The van der Waals surface area contributed by atoms with Crippen molar-refractivity contribution in [1.82, 2.24) is 4.31 Å². The smallest absolute Gasteiger partial charge is 0.228 e. The van der Waals surface area contributed by atoms with Gasteiger partial charge in [0, 0.05) is 23.8 Å². The van der Waals surface area contributed by atoms with Crippen molar-refractivity contribution in [2.45, 2.75) is 32.4 Å². The Morgan fingerprint density at radius 1 is 1.18 bits per heavy atom. The Morgan fingerprint density at radius 3 is 2.68 bits per heavy atom. The van der Waals surface area contributed by atoms with E-state index in [1.54, 1.807) is 12.1 Å². The highest BCUT2D eigenvalue weighted by Crippen LogP contribution is 2.25. The van der Waals surface area contributed by atoms with Crippen LogP contribution in [0, 0.1) is 19.8 Å². The molecule has 28 heavy (non-hydrogen) atoms. The van der Waals surface area contributed by atoms with Crippen molar-refractivity contribution >= 4 is 33.2 Å². The molecule has 0 spiro atoms. The molecular weight excluding hydrogens is 396 g/mol. The number of piperidine rings is 1. The number of nitrogens with one attached hydrogen (secondary N) is 1. The van der Waals surface area contributed by atoms with Gasteiger partial charge >= 0.3 is 0 Å². The number of benzene rings is 2. The summed E-state index contributed by atoms with van der Waals surface area (Å²) >= 11 is 6.02. The van der Waals surface area contributed by atoms with Crippen molar-refractivity contribution in [1.29, 1.82) is 0 Å². The first-order valence-corrected chi connectivity index (χ1v) is 11.3. The Morgan fingerprint density at radius 2 is 1.93 bits per heavy atom. The van der Waals surface area contributed by atoms with Crippen molar-refractivity contribution in [2.24, 2.45) is 5.92 Å². The van der Waals surface area contributed by atoms with E-state index in [2.05, 4.69) is 5.32 Å². The second-order valence-electron chi connectivity index (χ2n) is 7.33. The summed E-state index contributed by atoms with van der Waals surface area (Å²) in [5.74, 6) is -0.582. The summed E-state index contributed by atoms with van der Waals surface area (Å²) in [5.41, 5.74) is 3.33. The fourth-order valence-corrected chi connectivity index (χ4v) is 5.32. The highest BCUT2D eigenvalue weighted by Gasteiger charge is 2.32. The predicted octanol–water partition coefficient (Wildman–Crippen LogP) is 4.14. The molecule has 1 amide bonds. The van der Waals surface area contributed by atoms with Gasteiger partial charge in [0.05, 0.1) is 11.7 Å². The van der Waals surface area contributed by atoms with Crippen LogP contribution in [0.5, 0.6) is 0 Å². The number of hydrogen-bond acceptors (Lipinski definition) is 3. The number of nitrogens with zero attached hydrogens (tertiary/aromatic N) is 1. The molecule has 2 aromatic carbocycles. The number of halogens is 1. The average Bonchev–Trinajstić information content (AvgIpc) is 2.66. The monoisotopic (exact) mass is 420 g/mol. The zero-order valence-electron chi connectivity index (χ0n) is 16.1. The topological polar surface area (TPSA) is 66.5 Å². The zero-order chi connectivity index (χ0) is 20.3. The lowest BCUT2D eigenvalue weighted by atomic mass is 9.98. The number of rotatable bonds is 5. The largest absolute Gasteiger partial charge is 0.326 e. The van der Waals surface area contributed by atoms with Gasteiger partial charge in [-0.05, 0) is 55.5 Å². The molecule has 1 atom stereocenters. The molecule has 1 fully saturated rings. The summed E-state index contributed by atoms with van der Waals surface area (Å²) < 4.78 is 27.3. The Balaban J connectivity index is 1.70. The minimum atomic E-state index is -3.48. The lowest BCUT2D eigenvalue weighted by molar-refractivity contribution is -0.120. The number of carbonyl (C=O) groups is 1. The van der Waals surface area contributed by atoms with Gasteiger partial charge in [-0.1, -0.05) is 41.9 Å². The maximum absolute atomic E-state index is 12.9. The minimum Gasteiger partial charge on any atom is -0.326 e. The number of sulfonamides is 1. The predicted molar refractivity (Wildman–Crippen MR) is 113 cm³/mol. The van der Waals surface area contributed by atoms with E-state index in [0.29, 0.717) is 30.1 Å². The summed E-state index contributed by atoms with van der Waals surface area (Å²) in [5, 5.41) is 3.45. The third-order valence-corrected chi connectivity index (χ3v) is 7.23. The van der Waals surface area contributed by atoms with E-state index >= 15 is 0 Å². The Kier molecular flexibility index (Phi) is 6.43. The van der Waals surface area contributed by atoms with Crippen LogP contribution in [0.4, 0.5) is 5.69 Å². The van der Waals surface area contributed by atoms with Crippen LogP contribution < -0.4 is 5.32 Å². The minimum absolute atomic E-state index is 0.0403. The highest BCUT2D eigenvalue weighted by atomic mass is 35.5. The third-order valence-electron chi connectivity index (χ3n) is 5.20. The SMILES string of the molecule is Cc1ccccc1CS(=O)(=O)N1CCC[C@H](C(=O)Nc2cc(Cl)ccc2C)C1. The molecule has 150 valence electrons. The Hall–Kier alpha value is -1.89. The normalized spacial score (nSPS) is 18.0. The fourth-order valence-electron chi connectivity index (χ4n) is 3.43. The average molecular weight is 421 g/mol. The Labute approximate surface area is 171 Å². The van der Waals surface area contributed by atoms with Crippen LogP contribution in [0.1, 0.15) is 29.5 Å². The number of hydrogen-bond donors (Lipinski definition) is 1. The fraction of sp³-hybridized carbons (Fsp3) is 0.381. The molecule has 3 rings (SSSR count). The van der Waals surface area contributed by atoms with E-state index in [9.17, 15) is 13.2 Å². The molecular formula is C21H25ClN2O3S. The third kappa shape index (κ3) is 4.93. The van der Waals surface area contributed by atoms with Crippen LogP contribution >= 0.6 is 11.6 Å². The van der Waals surface area contributed by atoms with Crippen LogP contribution in [0.15, 0.2) is 42.5 Å². The molecule has 0 radical (unpaired) electrons. The van der Waals surface area contributed by atoms with Crippen molar-refractivity contribution < 1.29 is 13.2 Å². The second kappa shape index (κ2) is 8.64. The summed E-state index contributed by atoms with van der Waals surface area (Å²) in [6.45, 7) is 4.46. The quantitative estimate of drug-likeness (QED) is 0.790. The van der Waals surface area contributed by atoms with Crippen LogP contribution in [0.2, 0.25) is 5.02 Å². The Bertz CT molecular complexity index is 975. The molecule has 1 heterocycles. The zero-order valence-corrected chi connectivity index (χ0v) is 17.7. The van der Waals surface area contributed by atoms with Gasteiger partial charge < -0.3 is 5.32 Å². The van der Waals surface area contributed by atoms with Crippen LogP contribution in [0.25, 0.3) is 0 Å². The van der Waals surface area contributed by atoms with Gasteiger partial charge in [-0.3, -0.25) is 4.79 Å². The lowest BCUT2D eigenvalue weighted by Crippen LogP contribution is -2.44. The number of anilines is 1. The van der Waals surface area contributed by atoms with E-state index in [4.69, 9.17) is 11.6 Å². The summed E-state index contributed by atoms with van der Waals surface area (Å²) in [4.78, 5) is 12.7. The first kappa shape index (κ1) is 20.8. The molecule has 5 nitrogen and oxygen atoms in total. The van der Waals surface area contributed by atoms with Gasteiger partial charge in [-0.2, -0.15) is 0 Å². The van der Waals surface area contributed by atoms with Crippen LogP contribution in [0.3, 0.4) is 0 Å². The van der Waals surface area contributed by atoms with Crippen molar-refractivity contribution in [3.63, 3.8) is 0 Å². The molecule has 0 bridgehead atoms. The van der Waals surface area contributed by atoms with Crippen LogP contribution in [-0.4, -0.2) is 31.7 Å². The van der Waals surface area contributed by atoms with Gasteiger partial charge in [0.15, 0.2) is 0 Å². The molecule has 0 saturated carbocycles. The molecule has 1 N–H and O–H groups in total. The van der Waals surface area contributed by atoms with E-state index in [-0.39, 0.29) is 24.1 Å². The van der Waals surface area contributed by atoms with Gasteiger partial charge in [0.1, 0.15) is 0 Å². The first-order chi connectivity index (χ1) is 13.3. The van der Waals surface area contributed by atoms with Crippen molar-refractivity contribution in [3.05, 3.63) is 64.2 Å². The second-order valence-corrected chi connectivity index (χ2v) is 9.73. The summed E-state index contributed by atoms with van der Waals surface area (Å²) in [6.07, 6.45) is 1.33. The lowest BCUT2D eigenvalue weighted by Gasteiger charge is -2.31. The summed E-state index contributed by atoms with van der Waals surface area (Å²) in [7, 11) is -3.48. The number of carbonyl (C=O) groups excluding carboxylic acids is 1. The van der Waals surface area contributed by atoms with Gasteiger partial charge in [0.25, 0.3) is 0 Å². The van der Waals surface area contributed by atoms with E-state index in [1.807, 2.05) is 44.2 Å².